The summed E-state index contributed by atoms with van der Waals surface area (Å²) in [6.45, 7) is 0.586. The summed E-state index contributed by atoms with van der Waals surface area (Å²) in [4.78, 5) is 0. The second-order valence-corrected chi connectivity index (χ2v) is 7.12. The normalized spacial score (nSPS) is 10.9. The second-order valence-electron chi connectivity index (χ2n) is 7.12. The molecule has 0 spiro atoms. The average Bonchev–Trinajstić information content (AvgIpc) is 2.76. The molecular formula is C27H25O. The number of hydrogen-bond acceptors (Lipinski definition) is 1. The van der Waals surface area contributed by atoms with Crippen molar-refractivity contribution in [2.75, 3.05) is 0 Å². The Kier molecular flexibility index (Phi) is 6.04. The smallest absolute Gasteiger partial charge is 0.120 e. The molecule has 1 heteroatoms. The zero-order valence-electron chi connectivity index (χ0n) is 16.1. The number of hydrogen-bond donors (Lipinski definition) is 0. The van der Waals surface area contributed by atoms with Crippen molar-refractivity contribution in [1.29, 1.82) is 0 Å². The molecule has 28 heavy (non-hydrogen) atoms. The van der Waals surface area contributed by atoms with Crippen molar-refractivity contribution >= 4 is 10.8 Å². The number of rotatable bonds is 8. The Bertz CT molecular complexity index is 1020. The molecule has 4 rings (SSSR count). The fourth-order valence-corrected chi connectivity index (χ4v) is 3.45. The highest BCUT2D eigenvalue weighted by Crippen LogP contribution is 2.20. The van der Waals surface area contributed by atoms with E-state index in [2.05, 4.69) is 97.4 Å². The minimum Gasteiger partial charge on any atom is -0.489 e. The molecule has 0 saturated carbocycles. The molecule has 139 valence electrons. The van der Waals surface area contributed by atoms with E-state index in [1.54, 1.807) is 0 Å². The van der Waals surface area contributed by atoms with Crippen LogP contribution in [0.3, 0.4) is 0 Å². The van der Waals surface area contributed by atoms with E-state index >= 15 is 0 Å². The molecule has 4 aromatic rings. The van der Waals surface area contributed by atoms with E-state index in [-0.39, 0.29) is 0 Å². The van der Waals surface area contributed by atoms with Gasteiger partial charge in [0.05, 0.1) is 0 Å². The zero-order valence-corrected chi connectivity index (χ0v) is 16.1. The summed E-state index contributed by atoms with van der Waals surface area (Å²) >= 11 is 0. The standard InChI is InChI=1S/C27H25O/c1-2-9-22(10-3-1)11-4-5-12-23-13-8-16-27(20-23)28-21-24-17-18-25-14-6-7-15-26(25)19-24/h1-3,6-10,12-20H,4-5,11,21H2. The molecular weight excluding hydrogens is 340 g/mol. The highest BCUT2D eigenvalue weighted by Gasteiger charge is 2.01. The third-order valence-corrected chi connectivity index (χ3v) is 4.97. The van der Waals surface area contributed by atoms with Crippen molar-refractivity contribution in [2.24, 2.45) is 0 Å². The van der Waals surface area contributed by atoms with Gasteiger partial charge in [-0.15, -0.1) is 0 Å². The van der Waals surface area contributed by atoms with Crippen LogP contribution in [-0.4, -0.2) is 0 Å². The summed E-state index contributed by atoms with van der Waals surface area (Å²) in [5, 5.41) is 2.52. The van der Waals surface area contributed by atoms with E-state index in [1.807, 2.05) is 6.07 Å². The van der Waals surface area contributed by atoms with Gasteiger partial charge >= 0.3 is 0 Å². The largest absolute Gasteiger partial charge is 0.489 e. The summed E-state index contributed by atoms with van der Waals surface area (Å²) in [6, 6.07) is 34.0. The summed E-state index contributed by atoms with van der Waals surface area (Å²) in [7, 11) is 0. The Morgan fingerprint density at radius 2 is 1.46 bits per heavy atom. The molecule has 0 aromatic heterocycles. The molecule has 0 aliphatic carbocycles. The van der Waals surface area contributed by atoms with Gasteiger partial charge < -0.3 is 4.74 Å². The molecule has 0 fully saturated rings. The SMILES string of the molecule is [CH](CCCc1ccccc1)c1cccc(OCc2ccc3ccccc3c2)c1. The third kappa shape index (κ3) is 5.01. The first-order valence-electron chi connectivity index (χ1n) is 9.94. The van der Waals surface area contributed by atoms with Crippen molar-refractivity contribution in [3.63, 3.8) is 0 Å². The highest BCUT2D eigenvalue weighted by molar-refractivity contribution is 5.82. The minimum absolute atomic E-state index is 0.586. The van der Waals surface area contributed by atoms with Crippen LogP contribution in [0.15, 0.2) is 97.1 Å². The fraction of sp³-hybridized carbons (Fsp3) is 0.148. The fourth-order valence-electron chi connectivity index (χ4n) is 3.45. The Morgan fingerprint density at radius 1 is 0.643 bits per heavy atom. The zero-order chi connectivity index (χ0) is 19.0. The Hall–Kier alpha value is -3.06. The highest BCUT2D eigenvalue weighted by atomic mass is 16.5. The van der Waals surface area contributed by atoms with Gasteiger partial charge in [0.1, 0.15) is 12.4 Å². The van der Waals surface area contributed by atoms with Gasteiger partial charge in [-0.1, -0.05) is 78.9 Å². The van der Waals surface area contributed by atoms with E-state index < -0.39 is 0 Å². The van der Waals surface area contributed by atoms with Crippen molar-refractivity contribution in [2.45, 2.75) is 25.9 Å². The van der Waals surface area contributed by atoms with E-state index in [1.165, 1.54) is 27.5 Å². The lowest BCUT2D eigenvalue weighted by atomic mass is 10.0. The molecule has 0 heterocycles. The van der Waals surface area contributed by atoms with Crippen LogP contribution in [0.2, 0.25) is 0 Å². The summed E-state index contributed by atoms with van der Waals surface area (Å²) in [5.41, 5.74) is 3.82. The molecule has 0 aliphatic heterocycles. The number of unbranched alkanes of at least 4 members (excludes halogenated alkanes) is 1. The Morgan fingerprint density at radius 3 is 2.36 bits per heavy atom. The van der Waals surface area contributed by atoms with Crippen molar-refractivity contribution in [3.05, 3.63) is 120 Å². The van der Waals surface area contributed by atoms with E-state index in [9.17, 15) is 0 Å². The van der Waals surface area contributed by atoms with Crippen LogP contribution < -0.4 is 4.74 Å². The molecule has 1 radical (unpaired) electrons. The Balaban J connectivity index is 1.29. The number of benzene rings is 4. The molecule has 0 aliphatic rings. The molecule has 0 N–H and O–H groups in total. The van der Waals surface area contributed by atoms with E-state index in [0.29, 0.717) is 6.61 Å². The molecule has 0 saturated heterocycles. The maximum absolute atomic E-state index is 6.04. The van der Waals surface area contributed by atoms with Gasteiger partial charge in [-0.2, -0.15) is 0 Å². The quantitative estimate of drug-likeness (QED) is 0.306. The lowest BCUT2D eigenvalue weighted by Gasteiger charge is -2.09. The predicted molar refractivity (Wildman–Crippen MR) is 118 cm³/mol. The van der Waals surface area contributed by atoms with Gasteiger partial charge in [0, 0.05) is 0 Å². The molecule has 0 bridgehead atoms. The monoisotopic (exact) mass is 365 g/mol. The van der Waals surface area contributed by atoms with E-state index in [4.69, 9.17) is 4.74 Å². The van der Waals surface area contributed by atoms with Crippen LogP contribution >= 0.6 is 0 Å². The van der Waals surface area contributed by atoms with Gasteiger partial charge in [-0.05, 0) is 71.3 Å². The molecule has 0 atom stereocenters. The van der Waals surface area contributed by atoms with Gasteiger partial charge in [0.15, 0.2) is 0 Å². The van der Waals surface area contributed by atoms with Crippen LogP contribution in [0, 0.1) is 6.42 Å². The summed E-state index contributed by atoms with van der Waals surface area (Å²) in [6.07, 6.45) is 5.65. The first-order valence-corrected chi connectivity index (χ1v) is 9.94. The van der Waals surface area contributed by atoms with Gasteiger partial charge in [0.2, 0.25) is 0 Å². The maximum atomic E-state index is 6.04. The molecule has 0 amide bonds. The number of ether oxygens (including phenoxy) is 1. The van der Waals surface area contributed by atoms with Crippen LogP contribution in [0.4, 0.5) is 0 Å². The average molecular weight is 365 g/mol. The maximum Gasteiger partial charge on any atom is 0.120 e. The first-order chi connectivity index (χ1) is 13.9. The predicted octanol–water partition coefficient (Wildman–Crippen LogP) is 6.99. The second kappa shape index (κ2) is 9.23. The van der Waals surface area contributed by atoms with Gasteiger partial charge in [-0.3, -0.25) is 0 Å². The van der Waals surface area contributed by atoms with Crippen LogP contribution in [-0.2, 0) is 13.0 Å². The third-order valence-electron chi connectivity index (χ3n) is 4.97. The topological polar surface area (TPSA) is 9.23 Å². The van der Waals surface area contributed by atoms with Crippen LogP contribution in [0.5, 0.6) is 5.75 Å². The molecule has 0 unspecified atom stereocenters. The van der Waals surface area contributed by atoms with Crippen LogP contribution in [0.1, 0.15) is 29.5 Å². The van der Waals surface area contributed by atoms with Gasteiger partial charge in [0.25, 0.3) is 0 Å². The van der Waals surface area contributed by atoms with Crippen molar-refractivity contribution in [3.8, 4) is 5.75 Å². The summed E-state index contributed by atoms with van der Waals surface area (Å²) in [5.74, 6) is 0.921. The van der Waals surface area contributed by atoms with Gasteiger partial charge in [-0.25, -0.2) is 0 Å². The Labute approximate surface area is 167 Å². The lowest BCUT2D eigenvalue weighted by Crippen LogP contribution is -1.96. The van der Waals surface area contributed by atoms with E-state index in [0.717, 1.165) is 25.0 Å². The van der Waals surface area contributed by atoms with Crippen molar-refractivity contribution in [1.82, 2.24) is 0 Å². The van der Waals surface area contributed by atoms with Crippen molar-refractivity contribution < 1.29 is 4.74 Å². The first kappa shape index (κ1) is 18.3. The minimum atomic E-state index is 0.586. The molecule has 1 nitrogen and oxygen atoms in total. The van der Waals surface area contributed by atoms with Crippen LogP contribution in [0.25, 0.3) is 10.8 Å². The summed E-state index contributed by atoms with van der Waals surface area (Å²) < 4.78 is 6.04. The number of aryl methyl sites for hydroxylation is 1. The number of fused-ring (bicyclic) bond motifs is 1. The molecule has 4 aromatic carbocycles. The lowest BCUT2D eigenvalue weighted by molar-refractivity contribution is 0.306.